The molecule has 15 heavy (non-hydrogen) atoms. The summed E-state index contributed by atoms with van der Waals surface area (Å²) in [7, 11) is 0. The Balaban J connectivity index is 2.19. The van der Waals surface area contributed by atoms with Crippen LogP contribution < -0.4 is 10.6 Å². The summed E-state index contributed by atoms with van der Waals surface area (Å²) in [5.74, 6) is 1.17. The second-order valence-corrected chi connectivity index (χ2v) is 4.46. The molecular formula is C10H19N3OS. The van der Waals surface area contributed by atoms with Crippen molar-refractivity contribution >= 4 is 22.8 Å². The lowest BCUT2D eigenvalue weighted by Gasteiger charge is -2.04. The molecule has 0 spiro atoms. The highest BCUT2D eigenvalue weighted by Crippen LogP contribution is 2.15. The molecule has 0 aromatic rings. The van der Waals surface area contributed by atoms with E-state index in [2.05, 4.69) is 22.5 Å². The van der Waals surface area contributed by atoms with Crippen molar-refractivity contribution < 1.29 is 4.79 Å². The van der Waals surface area contributed by atoms with Crippen molar-refractivity contribution in [3.8, 4) is 0 Å². The summed E-state index contributed by atoms with van der Waals surface area (Å²) in [4.78, 5) is 15.5. The van der Waals surface area contributed by atoms with E-state index in [1.54, 1.807) is 11.8 Å². The number of nitrogens with zero attached hydrogens (tertiary/aromatic N) is 1. The molecule has 1 aliphatic heterocycles. The minimum atomic E-state index is 0.0805. The van der Waals surface area contributed by atoms with Crippen LogP contribution in [0.3, 0.4) is 0 Å². The van der Waals surface area contributed by atoms with Gasteiger partial charge in [0.25, 0.3) is 0 Å². The highest BCUT2D eigenvalue weighted by molar-refractivity contribution is 8.14. The van der Waals surface area contributed by atoms with E-state index in [9.17, 15) is 4.79 Å². The molecule has 0 aliphatic carbocycles. The van der Waals surface area contributed by atoms with Crippen LogP contribution in [0.5, 0.6) is 0 Å². The molecule has 1 rings (SSSR count). The minimum Gasteiger partial charge on any atom is -0.361 e. The van der Waals surface area contributed by atoms with E-state index in [4.69, 9.17) is 0 Å². The maximum Gasteiger partial charge on any atom is 0.221 e. The number of carbonyl (C=O) groups is 1. The summed E-state index contributed by atoms with van der Waals surface area (Å²) in [5, 5.41) is 7.07. The Hall–Kier alpha value is -0.710. The lowest BCUT2D eigenvalue weighted by atomic mass is 10.3. The first-order valence-electron chi connectivity index (χ1n) is 5.46. The van der Waals surface area contributed by atoms with Crippen molar-refractivity contribution in [1.29, 1.82) is 0 Å². The molecule has 0 radical (unpaired) electrons. The van der Waals surface area contributed by atoms with E-state index in [1.807, 2.05) is 6.92 Å². The normalized spacial score (nSPS) is 22.8. The molecule has 4 nitrogen and oxygen atoms in total. The van der Waals surface area contributed by atoms with Gasteiger partial charge in [-0.25, -0.2) is 0 Å². The van der Waals surface area contributed by atoms with Crippen LogP contribution in [0, 0.1) is 0 Å². The molecule has 1 unspecified atom stereocenters. The molecule has 1 aliphatic rings. The maximum atomic E-state index is 11.1. The largest absolute Gasteiger partial charge is 0.361 e. The van der Waals surface area contributed by atoms with Crippen LogP contribution in [0.15, 0.2) is 4.99 Å². The van der Waals surface area contributed by atoms with Gasteiger partial charge in [0.1, 0.15) is 0 Å². The predicted octanol–water partition coefficient (Wildman–Crippen LogP) is 0.984. The summed E-state index contributed by atoms with van der Waals surface area (Å²) in [6.45, 7) is 5.36. The standard InChI is InChI=1S/C10H19N3OS/c1-3-8-7-15-10(13-8)12-6-5-9(14)11-4-2/h8H,3-7H2,1-2H3,(H,11,14)(H,12,13). The molecule has 1 atom stereocenters. The van der Waals surface area contributed by atoms with Crippen molar-refractivity contribution in [2.45, 2.75) is 32.7 Å². The van der Waals surface area contributed by atoms with Crippen molar-refractivity contribution in [3.05, 3.63) is 0 Å². The Bertz CT molecular complexity index is 243. The fourth-order valence-electron chi connectivity index (χ4n) is 1.29. The van der Waals surface area contributed by atoms with Gasteiger partial charge in [0, 0.05) is 24.8 Å². The number of hydrogen-bond acceptors (Lipinski definition) is 3. The zero-order valence-corrected chi connectivity index (χ0v) is 10.2. The number of hydrogen-bond donors (Lipinski definition) is 2. The third kappa shape index (κ3) is 4.55. The Labute approximate surface area is 95.3 Å². The topological polar surface area (TPSA) is 53.5 Å². The van der Waals surface area contributed by atoms with Crippen molar-refractivity contribution in [2.75, 3.05) is 18.8 Å². The van der Waals surface area contributed by atoms with Crippen LogP contribution in [-0.4, -0.2) is 36.0 Å². The third-order valence-electron chi connectivity index (χ3n) is 2.21. The molecule has 1 heterocycles. The van der Waals surface area contributed by atoms with Gasteiger partial charge in [0.15, 0.2) is 5.17 Å². The van der Waals surface area contributed by atoms with Crippen LogP contribution in [0.25, 0.3) is 0 Å². The monoisotopic (exact) mass is 229 g/mol. The van der Waals surface area contributed by atoms with Crippen molar-refractivity contribution in [2.24, 2.45) is 4.99 Å². The first-order valence-corrected chi connectivity index (χ1v) is 6.45. The second-order valence-electron chi connectivity index (χ2n) is 3.45. The second kappa shape index (κ2) is 6.71. The smallest absolute Gasteiger partial charge is 0.221 e. The Morgan fingerprint density at radius 2 is 2.47 bits per heavy atom. The zero-order valence-electron chi connectivity index (χ0n) is 9.38. The molecule has 0 bridgehead atoms. The number of carbonyl (C=O) groups excluding carboxylic acids is 1. The lowest BCUT2D eigenvalue weighted by Crippen LogP contribution is -2.26. The van der Waals surface area contributed by atoms with Gasteiger partial charge in [-0.05, 0) is 13.3 Å². The van der Waals surface area contributed by atoms with Gasteiger partial charge < -0.3 is 10.6 Å². The van der Waals surface area contributed by atoms with E-state index < -0.39 is 0 Å². The SMILES string of the molecule is CCNC(=O)CCN=C1NC(CC)CS1. The van der Waals surface area contributed by atoms with Crippen LogP contribution in [0.1, 0.15) is 26.7 Å². The Kier molecular flexibility index (Phi) is 5.53. The van der Waals surface area contributed by atoms with Gasteiger partial charge in [-0.15, -0.1) is 0 Å². The van der Waals surface area contributed by atoms with E-state index >= 15 is 0 Å². The van der Waals surface area contributed by atoms with Crippen molar-refractivity contribution in [1.82, 2.24) is 10.6 Å². The van der Waals surface area contributed by atoms with E-state index in [-0.39, 0.29) is 5.91 Å². The van der Waals surface area contributed by atoms with Gasteiger partial charge in [-0.1, -0.05) is 18.7 Å². The molecule has 2 N–H and O–H groups in total. The van der Waals surface area contributed by atoms with Gasteiger partial charge in [0.05, 0.1) is 6.54 Å². The first-order chi connectivity index (χ1) is 7.26. The summed E-state index contributed by atoms with van der Waals surface area (Å²) in [6.07, 6.45) is 1.61. The lowest BCUT2D eigenvalue weighted by molar-refractivity contribution is -0.120. The van der Waals surface area contributed by atoms with Gasteiger partial charge in [0.2, 0.25) is 5.91 Å². The summed E-state index contributed by atoms with van der Waals surface area (Å²) >= 11 is 1.75. The van der Waals surface area contributed by atoms with Crippen LogP contribution in [0.2, 0.25) is 0 Å². The molecule has 1 amide bonds. The average molecular weight is 229 g/mol. The molecule has 1 fully saturated rings. The fraction of sp³-hybridized carbons (Fsp3) is 0.800. The average Bonchev–Trinajstić information content (AvgIpc) is 2.66. The van der Waals surface area contributed by atoms with Crippen LogP contribution in [-0.2, 0) is 4.79 Å². The summed E-state index contributed by atoms with van der Waals surface area (Å²) < 4.78 is 0. The van der Waals surface area contributed by atoms with Crippen LogP contribution in [0.4, 0.5) is 0 Å². The fourth-order valence-corrected chi connectivity index (χ4v) is 2.40. The number of thioether (sulfide) groups is 1. The third-order valence-corrected chi connectivity index (χ3v) is 3.30. The van der Waals surface area contributed by atoms with E-state index in [0.29, 0.717) is 25.6 Å². The minimum absolute atomic E-state index is 0.0805. The zero-order chi connectivity index (χ0) is 11.1. The van der Waals surface area contributed by atoms with Crippen molar-refractivity contribution in [3.63, 3.8) is 0 Å². The molecule has 5 heteroatoms. The van der Waals surface area contributed by atoms with Gasteiger partial charge in [-0.3, -0.25) is 9.79 Å². The van der Waals surface area contributed by atoms with Gasteiger partial charge >= 0.3 is 0 Å². The molecule has 86 valence electrons. The molecule has 1 saturated heterocycles. The number of nitrogens with one attached hydrogen (secondary N) is 2. The van der Waals surface area contributed by atoms with Gasteiger partial charge in [-0.2, -0.15) is 0 Å². The summed E-state index contributed by atoms with van der Waals surface area (Å²) in [5.41, 5.74) is 0. The predicted molar refractivity (Wildman–Crippen MR) is 65.3 cm³/mol. The first kappa shape index (κ1) is 12.4. The molecule has 0 aromatic carbocycles. The Morgan fingerprint density at radius 3 is 3.07 bits per heavy atom. The maximum absolute atomic E-state index is 11.1. The summed E-state index contributed by atoms with van der Waals surface area (Å²) in [6, 6.07) is 0.554. The Morgan fingerprint density at radius 1 is 1.67 bits per heavy atom. The highest BCUT2D eigenvalue weighted by Gasteiger charge is 2.17. The number of aliphatic imine (C=N–C) groups is 1. The highest BCUT2D eigenvalue weighted by atomic mass is 32.2. The molecular weight excluding hydrogens is 210 g/mol. The van der Waals surface area contributed by atoms with E-state index in [1.165, 1.54) is 0 Å². The molecule has 0 aromatic heterocycles. The number of amides is 1. The van der Waals surface area contributed by atoms with E-state index in [0.717, 1.165) is 17.3 Å². The molecule has 0 saturated carbocycles. The number of rotatable bonds is 5. The van der Waals surface area contributed by atoms with Crippen LogP contribution >= 0.6 is 11.8 Å². The quantitative estimate of drug-likeness (QED) is 0.739. The number of amidine groups is 1.